The number of hydrogen-bond donors (Lipinski definition) is 0. The van der Waals surface area contributed by atoms with Crippen molar-refractivity contribution >= 4 is 11.3 Å². The zero-order chi connectivity index (χ0) is 8.39. The second kappa shape index (κ2) is 4.00. The SMILES string of the molecule is [I-]c1nnc(CC2CCCC2)s1. The molecule has 0 atom stereocenters. The van der Waals surface area contributed by atoms with Crippen LogP contribution in [0.25, 0.3) is 0 Å². The number of halogens is 1. The van der Waals surface area contributed by atoms with Crippen molar-refractivity contribution in [3.8, 4) is 0 Å². The number of hydrogen-bond acceptors (Lipinski definition) is 3. The van der Waals surface area contributed by atoms with Gasteiger partial charge in [0.05, 0.1) is 0 Å². The van der Waals surface area contributed by atoms with Gasteiger partial charge >= 0.3 is 0 Å². The highest BCUT2D eigenvalue weighted by Gasteiger charge is 2.16. The zero-order valence-corrected chi connectivity index (χ0v) is 9.77. The van der Waals surface area contributed by atoms with E-state index in [0.717, 1.165) is 8.93 Å². The third-order valence-corrected chi connectivity index (χ3v) is 3.99. The van der Waals surface area contributed by atoms with E-state index in [1.54, 1.807) is 11.3 Å². The van der Waals surface area contributed by atoms with Crippen LogP contribution >= 0.6 is 11.3 Å². The average Bonchev–Trinajstić information content (AvgIpc) is 2.63. The van der Waals surface area contributed by atoms with Gasteiger partial charge in [0, 0.05) is 6.42 Å². The summed E-state index contributed by atoms with van der Waals surface area (Å²) in [4.78, 5) is 0. The lowest BCUT2D eigenvalue weighted by molar-refractivity contribution is -0.328. The molecule has 0 aromatic carbocycles. The first-order chi connectivity index (χ1) is 5.84. The molecule has 1 fully saturated rings. The highest BCUT2D eigenvalue weighted by molar-refractivity contribution is 7.08. The molecule has 1 aliphatic carbocycles. The van der Waals surface area contributed by atoms with Crippen LogP contribution in [0.15, 0.2) is 0 Å². The van der Waals surface area contributed by atoms with Crippen LogP contribution in [0.5, 0.6) is 0 Å². The molecule has 2 nitrogen and oxygen atoms in total. The Bertz CT molecular complexity index is 255. The summed E-state index contributed by atoms with van der Waals surface area (Å²) in [6.45, 7) is 0. The van der Waals surface area contributed by atoms with Crippen LogP contribution in [0.3, 0.4) is 0 Å². The molecular formula is C8H11IN2S-. The van der Waals surface area contributed by atoms with Crippen LogP contribution in [-0.2, 0) is 6.42 Å². The molecule has 0 amide bonds. The standard InChI is InChI=1S/C8H11IN2S/c9-8-11-10-7(12-8)5-6-3-1-2-4-6/h6H,1-5H2/q-1. The molecule has 0 aliphatic heterocycles. The molecule has 1 aromatic rings. The van der Waals surface area contributed by atoms with Crippen LogP contribution in [0.2, 0.25) is 0 Å². The summed E-state index contributed by atoms with van der Waals surface area (Å²) in [5, 5.41) is 9.38. The van der Waals surface area contributed by atoms with Gasteiger partial charge in [-0.15, -0.1) is 16.4 Å². The van der Waals surface area contributed by atoms with E-state index < -0.39 is 0 Å². The lowest BCUT2D eigenvalue weighted by Gasteiger charge is -2.03. The fraction of sp³-hybridized carbons (Fsp3) is 0.750. The van der Waals surface area contributed by atoms with E-state index in [4.69, 9.17) is 0 Å². The fourth-order valence-electron chi connectivity index (χ4n) is 1.78. The summed E-state index contributed by atoms with van der Waals surface area (Å²) >= 11 is 3.97. The van der Waals surface area contributed by atoms with E-state index >= 15 is 0 Å². The van der Waals surface area contributed by atoms with Gasteiger partial charge in [-0.3, -0.25) is 0 Å². The van der Waals surface area contributed by atoms with Crippen molar-refractivity contribution < 1.29 is 22.6 Å². The highest BCUT2D eigenvalue weighted by Crippen LogP contribution is 2.28. The fourth-order valence-corrected chi connectivity index (χ4v) is 3.32. The second-order valence-electron chi connectivity index (χ2n) is 3.30. The van der Waals surface area contributed by atoms with Crippen molar-refractivity contribution in [2.24, 2.45) is 5.92 Å². The first kappa shape index (κ1) is 8.87. The van der Waals surface area contributed by atoms with E-state index in [1.165, 1.54) is 37.1 Å². The maximum absolute atomic E-state index is 4.14. The molecule has 0 saturated heterocycles. The van der Waals surface area contributed by atoms with Crippen LogP contribution in [0.1, 0.15) is 30.7 Å². The van der Waals surface area contributed by atoms with Gasteiger partial charge in [-0.1, -0.05) is 25.7 Å². The molecule has 67 valence electrons. The van der Waals surface area contributed by atoms with E-state index in [-0.39, 0.29) is 0 Å². The van der Waals surface area contributed by atoms with Crippen molar-refractivity contribution in [3.05, 3.63) is 8.02 Å². The molecule has 0 bridgehead atoms. The summed E-state index contributed by atoms with van der Waals surface area (Å²) < 4.78 is 1.07. The van der Waals surface area contributed by atoms with Gasteiger partial charge in [0.1, 0.15) is 5.01 Å². The molecular weight excluding hydrogens is 283 g/mol. The lowest BCUT2D eigenvalue weighted by atomic mass is 10.1. The van der Waals surface area contributed by atoms with Crippen molar-refractivity contribution in [1.82, 2.24) is 10.2 Å². The Hall–Kier alpha value is 0.290. The number of nitrogens with zero attached hydrogens (tertiary/aromatic N) is 2. The molecule has 0 unspecified atom stereocenters. The molecule has 12 heavy (non-hydrogen) atoms. The third-order valence-electron chi connectivity index (χ3n) is 2.38. The zero-order valence-electron chi connectivity index (χ0n) is 6.79. The maximum Gasteiger partial charge on any atom is 0.115 e. The maximum atomic E-state index is 4.14. The first-order valence-electron chi connectivity index (χ1n) is 4.32. The molecule has 0 spiro atoms. The van der Waals surface area contributed by atoms with E-state index in [2.05, 4.69) is 32.8 Å². The van der Waals surface area contributed by atoms with E-state index in [0.29, 0.717) is 0 Å². The minimum atomic E-state index is 0.897. The predicted octanol–water partition coefficient (Wildman–Crippen LogP) is -1.01. The van der Waals surface area contributed by atoms with Crippen molar-refractivity contribution in [2.45, 2.75) is 32.1 Å². The van der Waals surface area contributed by atoms with Crippen LogP contribution in [-0.4, -0.2) is 10.2 Å². The molecule has 2 rings (SSSR count). The molecule has 1 heterocycles. The number of aromatic nitrogens is 2. The number of rotatable bonds is 2. The summed E-state index contributed by atoms with van der Waals surface area (Å²) in [5.41, 5.74) is 0. The second-order valence-corrected chi connectivity index (χ2v) is 6.12. The quantitative estimate of drug-likeness (QED) is 0.654. The molecule has 1 saturated carbocycles. The lowest BCUT2D eigenvalue weighted by Crippen LogP contribution is -3.34. The topological polar surface area (TPSA) is 25.8 Å². The van der Waals surface area contributed by atoms with Crippen molar-refractivity contribution in [1.29, 1.82) is 0 Å². The van der Waals surface area contributed by atoms with Crippen LogP contribution in [0.4, 0.5) is 0 Å². The Morgan fingerprint density at radius 2 is 2.08 bits per heavy atom. The summed E-state index contributed by atoms with van der Waals surface area (Å²) in [7, 11) is 0. The Morgan fingerprint density at radius 1 is 1.33 bits per heavy atom. The van der Waals surface area contributed by atoms with Crippen LogP contribution in [0, 0.1) is 8.93 Å². The monoisotopic (exact) mass is 294 g/mol. The summed E-state index contributed by atoms with van der Waals surface area (Å²) in [5.74, 6) is 0.897. The predicted molar refractivity (Wildman–Crippen MR) is 44.3 cm³/mol. The molecule has 1 aromatic heterocycles. The van der Waals surface area contributed by atoms with Gasteiger partial charge in [-0.25, -0.2) is 0 Å². The summed E-state index contributed by atoms with van der Waals surface area (Å²) in [6.07, 6.45) is 6.80. The van der Waals surface area contributed by atoms with E-state index in [1.807, 2.05) is 0 Å². The largest absolute Gasteiger partial charge is 0.722 e. The van der Waals surface area contributed by atoms with Gasteiger partial charge in [-0.05, 0) is 8.93 Å². The smallest absolute Gasteiger partial charge is 0.115 e. The van der Waals surface area contributed by atoms with Gasteiger partial charge < -0.3 is 22.6 Å². The normalized spacial score (nSPS) is 18.8. The van der Waals surface area contributed by atoms with Gasteiger partial charge in [-0.2, -0.15) is 5.10 Å². The molecule has 1 aliphatic rings. The minimum Gasteiger partial charge on any atom is -0.722 e. The highest BCUT2D eigenvalue weighted by atomic mass is 127. The van der Waals surface area contributed by atoms with Crippen molar-refractivity contribution in [2.75, 3.05) is 0 Å². The minimum absolute atomic E-state index is 0.897. The first-order valence-corrected chi connectivity index (χ1v) is 6.22. The Morgan fingerprint density at radius 3 is 2.67 bits per heavy atom. The van der Waals surface area contributed by atoms with Gasteiger partial charge in [0.25, 0.3) is 0 Å². The molecule has 4 heteroatoms. The van der Waals surface area contributed by atoms with Crippen molar-refractivity contribution in [3.63, 3.8) is 0 Å². The van der Waals surface area contributed by atoms with Gasteiger partial charge in [0.15, 0.2) is 0 Å². The third kappa shape index (κ3) is 2.16. The van der Waals surface area contributed by atoms with E-state index in [9.17, 15) is 0 Å². The molecule has 0 N–H and O–H groups in total. The Labute approximate surface area is 89.9 Å². The van der Waals surface area contributed by atoms with Gasteiger partial charge in [0.2, 0.25) is 0 Å². The molecule has 1 radical (unpaired) electrons. The average molecular weight is 294 g/mol. The van der Waals surface area contributed by atoms with Crippen LogP contribution < -0.4 is 22.6 Å². The Kier molecular flexibility index (Phi) is 2.96. The summed E-state index contributed by atoms with van der Waals surface area (Å²) in [6, 6.07) is 0. The Balaban J connectivity index is 1.94.